The lowest BCUT2D eigenvalue weighted by atomic mass is 9.92. The van der Waals surface area contributed by atoms with E-state index in [1.54, 1.807) is 48.9 Å². The third kappa shape index (κ3) is 10.4. The molecule has 0 heterocycles. The van der Waals surface area contributed by atoms with Crippen LogP contribution in [0.25, 0.3) is 0 Å². The van der Waals surface area contributed by atoms with Crippen LogP contribution in [-0.2, 0) is 17.6 Å². The van der Waals surface area contributed by atoms with E-state index >= 15 is 0 Å². The van der Waals surface area contributed by atoms with Gasteiger partial charge in [-0.1, -0.05) is 41.9 Å². The number of halogens is 2. The molecule has 0 aromatic heterocycles. The van der Waals surface area contributed by atoms with Crippen molar-refractivity contribution >= 4 is 35.7 Å². The third-order valence-corrected chi connectivity index (χ3v) is 5.74. The van der Waals surface area contributed by atoms with Crippen molar-refractivity contribution in [2.75, 3.05) is 0 Å². The molecule has 2 N–H and O–H groups in total. The average Bonchev–Trinajstić information content (AvgIpc) is 2.92. The SMILES string of the molecule is C=C/C=C(\C=C)C=Nc1ccc(C(=O)NF)cc1N=CCCCCC(=O)O.Fc1ccc2c(c1)CCCC2. The Morgan fingerprint density at radius 2 is 1.76 bits per heavy atom. The van der Waals surface area contributed by atoms with Crippen LogP contribution >= 0.6 is 0 Å². The summed E-state index contributed by atoms with van der Waals surface area (Å²) in [5.41, 5.74) is 5.38. The van der Waals surface area contributed by atoms with Crippen LogP contribution in [0.15, 0.2) is 83.3 Å². The molecule has 2 aromatic carbocycles. The number of aryl methyl sites for hydroxylation is 2. The Hall–Kier alpha value is -4.20. The number of carbonyl (C=O) groups excluding carboxylic acids is 1. The molecule has 3 rings (SSSR count). The highest BCUT2D eigenvalue weighted by Gasteiger charge is 2.09. The van der Waals surface area contributed by atoms with Gasteiger partial charge in [-0.25, -0.2) is 4.39 Å². The maximum atomic E-state index is 12.7. The predicted molar refractivity (Wildman–Crippen MR) is 149 cm³/mol. The Morgan fingerprint density at radius 3 is 2.45 bits per heavy atom. The van der Waals surface area contributed by atoms with Gasteiger partial charge in [-0.3, -0.25) is 19.6 Å². The molecule has 200 valence electrons. The van der Waals surface area contributed by atoms with Gasteiger partial charge in [0.25, 0.3) is 5.91 Å². The van der Waals surface area contributed by atoms with Crippen LogP contribution in [0.4, 0.5) is 20.2 Å². The van der Waals surface area contributed by atoms with Crippen LogP contribution in [0.1, 0.15) is 60.0 Å². The van der Waals surface area contributed by atoms with Crippen molar-refractivity contribution in [3.63, 3.8) is 0 Å². The van der Waals surface area contributed by atoms with Gasteiger partial charge in [0.05, 0.1) is 11.4 Å². The van der Waals surface area contributed by atoms with Gasteiger partial charge in [0.1, 0.15) is 5.82 Å². The quantitative estimate of drug-likeness (QED) is 0.140. The van der Waals surface area contributed by atoms with Gasteiger partial charge in [-0.15, -0.1) is 0 Å². The lowest BCUT2D eigenvalue weighted by Gasteiger charge is -2.14. The van der Waals surface area contributed by atoms with Crippen LogP contribution in [-0.4, -0.2) is 29.4 Å². The second-order valence-electron chi connectivity index (χ2n) is 8.56. The zero-order valence-corrected chi connectivity index (χ0v) is 21.3. The lowest BCUT2D eigenvalue weighted by Crippen LogP contribution is -2.13. The predicted octanol–water partition coefficient (Wildman–Crippen LogP) is 7.35. The highest BCUT2D eigenvalue weighted by molar-refractivity contribution is 5.96. The number of carbonyl (C=O) groups is 2. The van der Waals surface area contributed by atoms with Crippen LogP contribution in [0.3, 0.4) is 0 Å². The van der Waals surface area contributed by atoms with Crippen LogP contribution in [0.2, 0.25) is 0 Å². The number of aliphatic imine (C=N–C) groups is 2. The summed E-state index contributed by atoms with van der Waals surface area (Å²) in [5.74, 6) is -1.80. The van der Waals surface area contributed by atoms with Gasteiger partial charge in [-0.2, -0.15) is 5.54 Å². The molecule has 0 bridgehead atoms. The van der Waals surface area contributed by atoms with Crippen LogP contribution in [0.5, 0.6) is 0 Å². The number of unbranched alkanes of at least 4 members (excludes halogenated alkanes) is 2. The van der Waals surface area contributed by atoms with Gasteiger partial charge in [0, 0.05) is 24.4 Å². The number of nitrogens with one attached hydrogen (secondary N) is 1. The van der Waals surface area contributed by atoms with Crippen LogP contribution < -0.4 is 5.54 Å². The molecule has 8 heteroatoms. The third-order valence-electron chi connectivity index (χ3n) is 5.74. The summed E-state index contributed by atoms with van der Waals surface area (Å²) in [6.07, 6.45) is 14.7. The smallest absolute Gasteiger partial charge is 0.303 e. The van der Waals surface area contributed by atoms with Crippen molar-refractivity contribution in [3.05, 3.63) is 95.9 Å². The highest BCUT2D eigenvalue weighted by atomic mass is 19.2. The fraction of sp³-hybridized carbons (Fsp3) is 0.267. The first kappa shape index (κ1) is 30.0. The maximum absolute atomic E-state index is 12.7. The first-order valence-corrected chi connectivity index (χ1v) is 12.4. The molecular weight excluding hydrogens is 488 g/mol. The number of aliphatic carboxylic acids is 1. The molecular formula is C30H33F2N3O3. The minimum atomic E-state index is -0.873. The van der Waals surface area contributed by atoms with E-state index in [-0.39, 0.29) is 17.8 Å². The zero-order chi connectivity index (χ0) is 27.8. The van der Waals surface area contributed by atoms with E-state index < -0.39 is 11.9 Å². The van der Waals surface area contributed by atoms with Gasteiger partial charge in [0.2, 0.25) is 0 Å². The van der Waals surface area contributed by atoms with Crippen molar-refractivity contribution in [1.82, 2.24) is 5.54 Å². The minimum absolute atomic E-state index is 0.0920. The number of benzene rings is 2. The molecule has 0 saturated carbocycles. The van der Waals surface area contributed by atoms with E-state index in [9.17, 15) is 18.5 Å². The Morgan fingerprint density at radius 1 is 1.00 bits per heavy atom. The fourth-order valence-electron chi connectivity index (χ4n) is 3.75. The second kappa shape index (κ2) is 16.5. The van der Waals surface area contributed by atoms with Crippen molar-refractivity contribution in [1.29, 1.82) is 0 Å². The van der Waals surface area contributed by atoms with Gasteiger partial charge < -0.3 is 5.11 Å². The summed E-state index contributed by atoms with van der Waals surface area (Å²) in [6, 6.07) is 9.59. The molecule has 6 nitrogen and oxygen atoms in total. The van der Waals surface area contributed by atoms with Crippen molar-refractivity contribution in [2.45, 2.75) is 51.4 Å². The second-order valence-corrected chi connectivity index (χ2v) is 8.56. The molecule has 1 aliphatic carbocycles. The van der Waals surface area contributed by atoms with Crippen molar-refractivity contribution < 1.29 is 23.6 Å². The summed E-state index contributed by atoms with van der Waals surface area (Å²) >= 11 is 0. The number of carboxylic acids is 1. The highest BCUT2D eigenvalue weighted by Crippen LogP contribution is 2.29. The molecule has 38 heavy (non-hydrogen) atoms. The largest absolute Gasteiger partial charge is 0.481 e. The number of carboxylic acid groups (broad SMARTS) is 1. The Balaban J connectivity index is 0.000000377. The summed E-state index contributed by atoms with van der Waals surface area (Å²) in [7, 11) is 0. The van der Waals surface area contributed by atoms with E-state index in [0.717, 1.165) is 24.0 Å². The molecule has 0 atom stereocenters. The van der Waals surface area contributed by atoms with Gasteiger partial charge in [-0.05, 0) is 92.0 Å². The zero-order valence-electron chi connectivity index (χ0n) is 21.3. The van der Waals surface area contributed by atoms with Crippen molar-refractivity contribution in [2.24, 2.45) is 9.98 Å². The molecule has 0 saturated heterocycles. The number of allylic oxidation sites excluding steroid dienone is 4. The molecule has 0 unspecified atom stereocenters. The molecule has 0 fully saturated rings. The lowest BCUT2D eigenvalue weighted by molar-refractivity contribution is -0.137. The Labute approximate surface area is 222 Å². The summed E-state index contributed by atoms with van der Waals surface area (Å²) in [6.45, 7) is 7.29. The van der Waals surface area contributed by atoms with E-state index in [0.29, 0.717) is 30.6 Å². The molecule has 1 aliphatic rings. The monoisotopic (exact) mass is 521 g/mol. The van der Waals surface area contributed by atoms with Gasteiger partial charge >= 0.3 is 5.97 Å². The number of amides is 1. The fourth-order valence-corrected chi connectivity index (χ4v) is 3.75. The number of hydrogen-bond acceptors (Lipinski definition) is 4. The summed E-state index contributed by atoms with van der Waals surface area (Å²) < 4.78 is 25.1. The van der Waals surface area contributed by atoms with E-state index in [1.807, 2.05) is 6.07 Å². The molecule has 2 aromatic rings. The van der Waals surface area contributed by atoms with E-state index in [2.05, 4.69) is 23.1 Å². The molecule has 0 aliphatic heterocycles. The Bertz CT molecular complexity index is 1220. The molecule has 0 radical (unpaired) electrons. The normalized spacial score (nSPS) is 12.9. The molecule has 0 spiro atoms. The number of fused-ring (bicyclic) bond motifs is 1. The summed E-state index contributed by atoms with van der Waals surface area (Å²) in [5, 5.41) is 8.62. The van der Waals surface area contributed by atoms with Crippen molar-refractivity contribution in [3.8, 4) is 0 Å². The number of nitrogens with zero attached hydrogens (tertiary/aromatic N) is 2. The number of rotatable bonds is 11. The minimum Gasteiger partial charge on any atom is -0.481 e. The first-order chi connectivity index (χ1) is 18.4. The van der Waals surface area contributed by atoms with E-state index in [1.165, 1.54) is 36.1 Å². The average molecular weight is 522 g/mol. The number of hydrogen-bond donors (Lipinski definition) is 2. The van der Waals surface area contributed by atoms with E-state index in [4.69, 9.17) is 5.11 Å². The van der Waals surface area contributed by atoms with Crippen LogP contribution in [0, 0.1) is 5.82 Å². The Kier molecular flexibility index (Phi) is 13.1. The topological polar surface area (TPSA) is 91.1 Å². The maximum Gasteiger partial charge on any atom is 0.303 e. The molecule has 1 amide bonds. The van der Waals surface area contributed by atoms with Gasteiger partial charge in [0.15, 0.2) is 0 Å². The first-order valence-electron chi connectivity index (χ1n) is 12.4. The summed E-state index contributed by atoms with van der Waals surface area (Å²) in [4.78, 5) is 30.6. The standard InChI is InChI=1S/C20H22FN3O3.C10H11F/c1-3-8-15(4-2)14-23-17-11-10-16(20(27)24-21)13-18(17)22-12-7-5-6-9-19(25)26;11-10-6-5-8-3-1-2-4-9(8)7-10/h3-4,8,10-14H,1-2,5-7,9H2,(H,24,27)(H,25,26);5-7H,1-4H2/b15-8+,22-12?,23-14?;.